The molecule has 3 amide bonds. The Bertz CT molecular complexity index is 1710. The molecule has 8 nitrogen and oxygen atoms in total. The molecule has 1 atom stereocenters. The van der Waals surface area contributed by atoms with Crippen molar-refractivity contribution in [3.8, 4) is 10.4 Å². The van der Waals surface area contributed by atoms with Gasteiger partial charge in [0, 0.05) is 53.1 Å². The highest BCUT2D eigenvalue weighted by Gasteiger charge is 2.30. The number of para-hydroxylation sites is 1. The minimum Gasteiger partial charge on any atom is -0.353 e. The predicted octanol–water partition coefficient (Wildman–Crippen LogP) is 6.15. The molecule has 7 rings (SSSR count). The number of rotatable bonds is 6. The summed E-state index contributed by atoms with van der Waals surface area (Å²) in [7, 11) is 0. The van der Waals surface area contributed by atoms with E-state index >= 15 is 0 Å². The number of carbonyl (C=O) groups excluding carboxylic acids is 3. The molecule has 2 aromatic carbocycles. The van der Waals surface area contributed by atoms with Crippen molar-refractivity contribution in [3.05, 3.63) is 94.5 Å². The Hall–Kier alpha value is -4.50. The third-order valence-electron chi connectivity index (χ3n) is 8.48. The van der Waals surface area contributed by atoms with Crippen molar-refractivity contribution in [2.75, 3.05) is 28.2 Å². The second kappa shape index (κ2) is 11.3. The topological polar surface area (TPSA) is 94.6 Å². The van der Waals surface area contributed by atoms with Crippen molar-refractivity contribution in [2.45, 2.75) is 51.1 Å². The van der Waals surface area contributed by atoms with Gasteiger partial charge in [-0.15, -0.1) is 11.3 Å². The van der Waals surface area contributed by atoms with E-state index in [0.717, 1.165) is 58.8 Å². The highest BCUT2D eigenvalue weighted by atomic mass is 32.1. The highest BCUT2D eigenvalue weighted by molar-refractivity contribution is 7.17. The summed E-state index contributed by atoms with van der Waals surface area (Å²) in [6.45, 7) is 3.55. The third-order valence-corrected chi connectivity index (χ3v) is 9.69. The normalized spacial score (nSPS) is 17.6. The van der Waals surface area contributed by atoms with E-state index in [1.165, 1.54) is 11.3 Å². The molecule has 1 saturated carbocycles. The lowest BCUT2D eigenvalue weighted by atomic mass is 10.1. The van der Waals surface area contributed by atoms with E-state index in [-0.39, 0.29) is 17.7 Å². The average Bonchev–Trinajstić information content (AvgIpc) is 3.62. The van der Waals surface area contributed by atoms with Crippen LogP contribution >= 0.6 is 11.3 Å². The summed E-state index contributed by atoms with van der Waals surface area (Å²) in [5.74, 6) is 0.369. The van der Waals surface area contributed by atoms with Crippen molar-refractivity contribution in [2.24, 2.45) is 0 Å². The number of anilines is 3. The lowest BCUT2D eigenvalue weighted by Crippen LogP contribution is -2.32. The molecule has 1 unspecified atom stereocenters. The van der Waals surface area contributed by atoms with Gasteiger partial charge in [0.2, 0.25) is 0 Å². The molecule has 1 saturated heterocycles. The molecular weight excluding hydrogens is 558 g/mol. The first-order chi connectivity index (χ1) is 21.0. The van der Waals surface area contributed by atoms with Crippen molar-refractivity contribution in [1.82, 2.24) is 10.3 Å². The van der Waals surface area contributed by atoms with Crippen LogP contribution in [0.2, 0.25) is 0 Å². The maximum Gasteiger partial charge on any atom is 0.261 e. The molecular formula is C34H33N5O3S. The molecule has 2 N–H and O–H groups in total. The summed E-state index contributed by atoms with van der Waals surface area (Å²) in [4.78, 5) is 50.1. The van der Waals surface area contributed by atoms with Gasteiger partial charge in [0.1, 0.15) is 5.82 Å². The van der Waals surface area contributed by atoms with Gasteiger partial charge in [-0.05, 0) is 93.1 Å². The van der Waals surface area contributed by atoms with E-state index in [4.69, 9.17) is 0 Å². The third kappa shape index (κ3) is 5.41. The highest BCUT2D eigenvalue weighted by Crippen LogP contribution is 2.42. The number of amides is 3. The van der Waals surface area contributed by atoms with Crippen molar-refractivity contribution in [3.63, 3.8) is 0 Å². The zero-order valence-corrected chi connectivity index (χ0v) is 24.8. The Morgan fingerprint density at radius 2 is 1.74 bits per heavy atom. The molecule has 218 valence electrons. The fraction of sp³-hybridized carbons (Fsp3) is 0.294. The molecule has 2 fully saturated rings. The molecule has 4 aromatic rings. The van der Waals surface area contributed by atoms with Gasteiger partial charge < -0.3 is 20.4 Å². The van der Waals surface area contributed by atoms with Crippen LogP contribution in [-0.4, -0.2) is 47.9 Å². The van der Waals surface area contributed by atoms with Crippen molar-refractivity contribution < 1.29 is 14.4 Å². The predicted molar refractivity (Wildman–Crippen MR) is 170 cm³/mol. The van der Waals surface area contributed by atoms with E-state index in [0.29, 0.717) is 47.7 Å². The average molecular weight is 592 g/mol. The monoisotopic (exact) mass is 591 g/mol. The van der Waals surface area contributed by atoms with E-state index in [1.807, 2.05) is 35.2 Å². The van der Waals surface area contributed by atoms with Crippen molar-refractivity contribution >= 4 is 46.3 Å². The van der Waals surface area contributed by atoms with E-state index in [9.17, 15) is 14.4 Å². The maximum absolute atomic E-state index is 13.8. The maximum atomic E-state index is 13.8. The lowest BCUT2D eigenvalue weighted by Gasteiger charge is -2.24. The van der Waals surface area contributed by atoms with Gasteiger partial charge in [0.05, 0.1) is 16.1 Å². The molecule has 2 aliphatic heterocycles. The summed E-state index contributed by atoms with van der Waals surface area (Å²) < 4.78 is 0. The number of aromatic nitrogens is 1. The number of thiophene rings is 1. The molecule has 0 radical (unpaired) electrons. The summed E-state index contributed by atoms with van der Waals surface area (Å²) in [6.07, 6.45) is 6.65. The fourth-order valence-corrected chi connectivity index (χ4v) is 7.15. The first kappa shape index (κ1) is 27.3. The summed E-state index contributed by atoms with van der Waals surface area (Å²) in [5, 5.41) is 6.07. The zero-order valence-electron chi connectivity index (χ0n) is 24.0. The van der Waals surface area contributed by atoms with Gasteiger partial charge in [-0.2, -0.15) is 0 Å². The molecule has 0 bridgehead atoms. The summed E-state index contributed by atoms with van der Waals surface area (Å²) >= 11 is 1.50. The van der Waals surface area contributed by atoms with Crippen LogP contribution in [0.15, 0.2) is 72.9 Å². The second-order valence-corrected chi connectivity index (χ2v) is 12.6. The van der Waals surface area contributed by atoms with Crippen molar-refractivity contribution in [1.29, 1.82) is 0 Å². The number of nitrogens with zero attached hydrogens (tertiary/aromatic N) is 3. The van der Waals surface area contributed by atoms with Crippen LogP contribution in [0.3, 0.4) is 0 Å². The number of fused-ring (bicyclic) bond motifs is 3. The van der Waals surface area contributed by atoms with Crippen LogP contribution < -0.4 is 20.4 Å². The number of carbonyl (C=O) groups is 3. The van der Waals surface area contributed by atoms with Gasteiger partial charge >= 0.3 is 0 Å². The molecule has 43 heavy (non-hydrogen) atoms. The molecule has 2 aromatic heterocycles. The summed E-state index contributed by atoms with van der Waals surface area (Å²) in [5.41, 5.74) is 4.57. The lowest BCUT2D eigenvalue weighted by molar-refractivity contribution is 0.0952. The van der Waals surface area contributed by atoms with Crippen LogP contribution in [-0.2, 0) is 6.42 Å². The van der Waals surface area contributed by atoms with Crippen LogP contribution in [0.5, 0.6) is 0 Å². The second-order valence-electron chi connectivity index (χ2n) is 11.5. The van der Waals surface area contributed by atoms with Gasteiger partial charge in [0.15, 0.2) is 0 Å². The van der Waals surface area contributed by atoms with Gasteiger partial charge in [-0.25, -0.2) is 4.98 Å². The van der Waals surface area contributed by atoms with E-state index in [2.05, 4.69) is 27.4 Å². The van der Waals surface area contributed by atoms with E-state index < -0.39 is 0 Å². The minimum atomic E-state index is -0.223. The van der Waals surface area contributed by atoms with Crippen LogP contribution in [0.1, 0.15) is 68.6 Å². The first-order valence-corrected chi connectivity index (χ1v) is 15.8. The molecule has 3 aliphatic rings. The van der Waals surface area contributed by atoms with Crippen LogP contribution in [0.25, 0.3) is 10.4 Å². The fourth-order valence-electron chi connectivity index (χ4n) is 6.00. The van der Waals surface area contributed by atoms with Crippen LogP contribution in [0, 0.1) is 0 Å². The number of hydrogen-bond donors (Lipinski definition) is 2. The SMILES string of the molecule is CC1CCCN1c1ncccc1C(=O)Nc1ccc(C(=O)N2CCc3cc(C(=O)NC4CC4)sc3-c3ccccc32)cc1. The summed E-state index contributed by atoms with van der Waals surface area (Å²) in [6, 6.07) is 21.2. The minimum absolute atomic E-state index is 0.0106. The van der Waals surface area contributed by atoms with Gasteiger partial charge in [0.25, 0.3) is 17.7 Å². The molecule has 4 heterocycles. The first-order valence-electron chi connectivity index (χ1n) is 14.9. The largest absolute Gasteiger partial charge is 0.353 e. The number of hydrogen-bond acceptors (Lipinski definition) is 6. The Morgan fingerprint density at radius 1 is 0.930 bits per heavy atom. The smallest absolute Gasteiger partial charge is 0.261 e. The van der Waals surface area contributed by atoms with Crippen LogP contribution in [0.4, 0.5) is 17.2 Å². The Morgan fingerprint density at radius 3 is 2.51 bits per heavy atom. The standard InChI is InChI=1S/C34H33N5O3S/c1-21-6-5-18-38(21)31-27(8-4-17-35-31)32(40)36-24-12-10-22(11-13-24)34(42)39-19-16-23-20-29(33(41)37-25-14-15-25)43-30(23)26-7-2-3-9-28(26)39/h2-4,7-13,17,20-21,25H,5-6,14-16,18-19H2,1H3,(H,36,40)(H,37,41). The quantitative estimate of drug-likeness (QED) is 0.281. The number of pyridine rings is 1. The Labute approximate surface area is 254 Å². The zero-order chi connectivity index (χ0) is 29.5. The molecule has 1 aliphatic carbocycles. The van der Waals surface area contributed by atoms with Gasteiger partial charge in [-0.1, -0.05) is 18.2 Å². The van der Waals surface area contributed by atoms with Gasteiger partial charge in [-0.3, -0.25) is 14.4 Å². The Kier molecular flexibility index (Phi) is 7.18. The number of benzene rings is 2. The van der Waals surface area contributed by atoms with E-state index in [1.54, 1.807) is 42.6 Å². The Balaban J connectivity index is 1.09. The molecule has 0 spiro atoms. The molecule has 9 heteroatoms. The number of nitrogens with one attached hydrogen (secondary N) is 2.